The number of nitrogens with one attached hydrogen (secondary N) is 1. The summed E-state index contributed by atoms with van der Waals surface area (Å²) >= 11 is 0. The van der Waals surface area contributed by atoms with Crippen LogP contribution in [0.5, 0.6) is 0 Å². The Kier molecular flexibility index (Phi) is 3.26. The summed E-state index contributed by atoms with van der Waals surface area (Å²) in [7, 11) is 0. The molecule has 1 N–H and O–H groups in total. The van der Waals surface area contributed by atoms with Gasteiger partial charge in [-0.2, -0.15) is 0 Å². The molecule has 0 aromatic heterocycles. The monoisotopic (exact) mass is 284 g/mol. The summed E-state index contributed by atoms with van der Waals surface area (Å²) in [4.78, 5) is 15.1. The van der Waals surface area contributed by atoms with Crippen LogP contribution >= 0.6 is 0 Å². The Balaban J connectivity index is 1.54. The molecule has 1 amide bonds. The summed E-state index contributed by atoms with van der Waals surface area (Å²) in [5, 5.41) is 3.39. The van der Waals surface area contributed by atoms with E-state index in [4.69, 9.17) is 0 Å². The third-order valence-electron chi connectivity index (χ3n) is 5.71. The molecule has 0 spiro atoms. The van der Waals surface area contributed by atoms with Crippen LogP contribution in [0.1, 0.15) is 36.8 Å². The van der Waals surface area contributed by atoms with Crippen molar-refractivity contribution in [2.75, 3.05) is 19.6 Å². The summed E-state index contributed by atoms with van der Waals surface area (Å²) in [5.41, 5.74) is 2.92. The van der Waals surface area contributed by atoms with Crippen molar-refractivity contribution in [3.63, 3.8) is 0 Å². The average molecular weight is 284 g/mol. The van der Waals surface area contributed by atoms with E-state index >= 15 is 0 Å². The fraction of sp³-hybridized carbons (Fsp3) is 0.611. The van der Waals surface area contributed by atoms with Gasteiger partial charge in [0.1, 0.15) is 0 Å². The van der Waals surface area contributed by atoms with E-state index in [1.807, 2.05) is 0 Å². The molecule has 21 heavy (non-hydrogen) atoms. The Morgan fingerprint density at radius 2 is 2.19 bits per heavy atom. The highest BCUT2D eigenvalue weighted by molar-refractivity contribution is 5.84. The molecule has 1 heterocycles. The molecule has 4 rings (SSSR count). The van der Waals surface area contributed by atoms with Gasteiger partial charge in [0.2, 0.25) is 5.91 Å². The summed E-state index contributed by atoms with van der Waals surface area (Å²) in [6.07, 6.45) is 3.45. The predicted octanol–water partition coefficient (Wildman–Crippen LogP) is 2.17. The molecule has 2 aliphatic carbocycles. The number of benzene rings is 1. The van der Waals surface area contributed by atoms with Gasteiger partial charge in [-0.05, 0) is 55.7 Å². The van der Waals surface area contributed by atoms with Crippen molar-refractivity contribution in [2.45, 2.75) is 38.1 Å². The van der Waals surface area contributed by atoms with E-state index in [2.05, 4.69) is 41.4 Å². The number of carbonyl (C=O) groups excluding carboxylic acids is 1. The molecule has 1 aromatic carbocycles. The maximum absolute atomic E-state index is 13.0. The predicted molar refractivity (Wildman–Crippen MR) is 83.1 cm³/mol. The van der Waals surface area contributed by atoms with Crippen molar-refractivity contribution in [1.29, 1.82) is 0 Å². The van der Waals surface area contributed by atoms with Crippen molar-refractivity contribution in [3.05, 3.63) is 35.4 Å². The Hall–Kier alpha value is -1.35. The van der Waals surface area contributed by atoms with E-state index in [-0.39, 0.29) is 5.92 Å². The maximum atomic E-state index is 13.0. The zero-order valence-corrected chi connectivity index (χ0v) is 12.7. The molecule has 0 bridgehead atoms. The van der Waals surface area contributed by atoms with Crippen molar-refractivity contribution in [3.8, 4) is 0 Å². The average Bonchev–Trinajstić information content (AvgIpc) is 3.03. The minimum Gasteiger partial charge on any atom is -0.338 e. The first kappa shape index (κ1) is 13.3. The number of hydrogen-bond acceptors (Lipinski definition) is 2. The lowest BCUT2D eigenvalue weighted by molar-refractivity contribution is -0.134. The first-order valence-electron chi connectivity index (χ1n) is 8.40. The van der Waals surface area contributed by atoms with Crippen molar-refractivity contribution >= 4 is 5.91 Å². The first-order chi connectivity index (χ1) is 10.3. The van der Waals surface area contributed by atoms with Crippen LogP contribution < -0.4 is 5.32 Å². The number of likely N-dealkylation sites (N-methyl/N-ethyl adjacent to an activating group) is 1. The number of rotatable bonds is 3. The highest BCUT2D eigenvalue weighted by atomic mass is 16.2. The lowest BCUT2D eigenvalue weighted by atomic mass is 9.92. The Labute approximate surface area is 126 Å². The van der Waals surface area contributed by atoms with E-state index in [1.165, 1.54) is 17.5 Å². The zero-order chi connectivity index (χ0) is 14.4. The first-order valence-corrected chi connectivity index (χ1v) is 8.40. The van der Waals surface area contributed by atoms with Crippen molar-refractivity contribution in [2.24, 2.45) is 11.8 Å². The Bertz CT molecular complexity index is 550. The van der Waals surface area contributed by atoms with Gasteiger partial charge in [-0.3, -0.25) is 4.79 Å². The summed E-state index contributed by atoms with van der Waals surface area (Å²) < 4.78 is 0. The van der Waals surface area contributed by atoms with Crippen LogP contribution in [0.4, 0.5) is 0 Å². The number of carbonyl (C=O) groups is 1. The molecule has 2 fully saturated rings. The topological polar surface area (TPSA) is 32.3 Å². The number of nitrogens with zero attached hydrogens (tertiary/aromatic N) is 1. The lowest BCUT2D eigenvalue weighted by Gasteiger charge is -2.27. The van der Waals surface area contributed by atoms with Crippen molar-refractivity contribution < 1.29 is 4.79 Å². The van der Waals surface area contributed by atoms with Gasteiger partial charge in [0, 0.05) is 25.0 Å². The van der Waals surface area contributed by atoms with Gasteiger partial charge >= 0.3 is 0 Å². The number of amides is 1. The summed E-state index contributed by atoms with van der Waals surface area (Å²) in [5.74, 6) is 1.79. The quantitative estimate of drug-likeness (QED) is 0.922. The summed E-state index contributed by atoms with van der Waals surface area (Å²) in [6.45, 7) is 4.99. The molecule has 4 atom stereocenters. The van der Waals surface area contributed by atoms with E-state index < -0.39 is 0 Å². The van der Waals surface area contributed by atoms with Gasteiger partial charge in [0.05, 0.1) is 0 Å². The maximum Gasteiger partial charge on any atom is 0.226 e. The summed E-state index contributed by atoms with van der Waals surface area (Å²) in [6, 6.07) is 9.15. The van der Waals surface area contributed by atoms with Crippen LogP contribution in [0, 0.1) is 11.8 Å². The minimum atomic E-state index is 0.259. The lowest BCUT2D eigenvalue weighted by Crippen LogP contribution is -2.42. The number of fused-ring (bicyclic) bond motifs is 3. The molecule has 1 saturated carbocycles. The smallest absolute Gasteiger partial charge is 0.226 e. The molecule has 0 radical (unpaired) electrons. The molecule has 3 aliphatic rings. The fourth-order valence-corrected chi connectivity index (χ4v) is 4.59. The molecular formula is C18H24N2O. The molecule has 4 unspecified atom stereocenters. The third-order valence-corrected chi connectivity index (χ3v) is 5.71. The van der Waals surface area contributed by atoms with Gasteiger partial charge in [0.25, 0.3) is 0 Å². The Morgan fingerprint density at radius 1 is 1.33 bits per heavy atom. The molecule has 1 saturated heterocycles. The second-order valence-corrected chi connectivity index (χ2v) is 6.72. The molecule has 3 nitrogen and oxygen atoms in total. The third kappa shape index (κ3) is 2.10. The molecule has 1 aliphatic heterocycles. The molecule has 112 valence electrons. The molecule has 3 heteroatoms. The van der Waals surface area contributed by atoms with Crippen LogP contribution in [0.2, 0.25) is 0 Å². The van der Waals surface area contributed by atoms with E-state index in [1.54, 1.807) is 0 Å². The van der Waals surface area contributed by atoms with Crippen LogP contribution in [0.25, 0.3) is 0 Å². The van der Waals surface area contributed by atoms with Gasteiger partial charge < -0.3 is 10.2 Å². The highest BCUT2D eigenvalue weighted by Gasteiger charge is 2.58. The molecule has 1 aromatic rings. The second-order valence-electron chi connectivity index (χ2n) is 6.72. The van der Waals surface area contributed by atoms with Gasteiger partial charge in [-0.15, -0.1) is 0 Å². The number of hydrogen-bond donors (Lipinski definition) is 1. The van der Waals surface area contributed by atoms with Crippen LogP contribution in [-0.2, 0) is 11.2 Å². The fourth-order valence-electron chi connectivity index (χ4n) is 4.59. The second kappa shape index (κ2) is 5.13. The van der Waals surface area contributed by atoms with Crippen molar-refractivity contribution in [1.82, 2.24) is 10.2 Å². The Morgan fingerprint density at radius 3 is 2.95 bits per heavy atom. The highest BCUT2D eigenvalue weighted by Crippen LogP contribution is 2.60. The zero-order valence-electron chi connectivity index (χ0n) is 12.7. The SMILES string of the molecule is CCN(C(=O)C1C2CCc3ccccc3C21)C1CCNC1. The standard InChI is InChI=1S/C18H24N2O/c1-2-20(13-9-10-19-11-13)18(21)17-15-8-7-12-5-3-4-6-14(12)16(15)17/h3-6,13,15-17,19H,2,7-11H2,1H3. The van der Waals surface area contributed by atoms with E-state index in [9.17, 15) is 4.79 Å². The minimum absolute atomic E-state index is 0.259. The van der Waals surface area contributed by atoms with E-state index in [0.717, 1.165) is 32.5 Å². The number of aryl methyl sites for hydroxylation is 1. The van der Waals surface area contributed by atoms with Gasteiger partial charge in [-0.25, -0.2) is 0 Å². The largest absolute Gasteiger partial charge is 0.338 e. The van der Waals surface area contributed by atoms with Crippen LogP contribution in [-0.4, -0.2) is 36.5 Å². The van der Waals surface area contributed by atoms with Crippen LogP contribution in [0.15, 0.2) is 24.3 Å². The normalized spacial score (nSPS) is 33.2. The molecular weight excluding hydrogens is 260 g/mol. The van der Waals surface area contributed by atoms with E-state index in [0.29, 0.717) is 23.8 Å². The van der Waals surface area contributed by atoms with Gasteiger partial charge in [-0.1, -0.05) is 24.3 Å². The van der Waals surface area contributed by atoms with Crippen LogP contribution in [0.3, 0.4) is 0 Å². The van der Waals surface area contributed by atoms with Gasteiger partial charge in [0.15, 0.2) is 0 Å².